The first-order valence-electron chi connectivity index (χ1n) is 9.04. The third-order valence-electron chi connectivity index (χ3n) is 4.89. The molecule has 160 valence electrons. The molecule has 6 nitrogen and oxygen atoms in total. The fourth-order valence-corrected chi connectivity index (χ4v) is 3.33. The van der Waals surface area contributed by atoms with Crippen molar-refractivity contribution in [3.63, 3.8) is 0 Å². The van der Waals surface area contributed by atoms with E-state index in [9.17, 15) is 18.0 Å². The van der Waals surface area contributed by atoms with Gasteiger partial charge in [-0.15, -0.1) is 12.4 Å². The quantitative estimate of drug-likeness (QED) is 0.760. The number of fused-ring (bicyclic) bond motifs is 1. The Balaban J connectivity index is 0.00000300. The van der Waals surface area contributed by atoms with Crippen LogP contribution in [0.25, 0.3) is 10.9 Å². The van der Waals surface area contributed by atoms with Crippen LogP contribution in [0.15, 0.2) is 24.3 Å². The van der Waals surface area contributed by atoms with Gasteiger partial charge in [-0.05, 0) is 25.1 Å². The number of aryl methyl sites for hydroxylation is 1. The van der Waals surface area contributed by atoms with Crippen molar-refractivity contribution in [2.45, 2.75) is 19.1 Å². The number of piperazine rings is 1. The highest BCUT2D eigenvalue weighted by Crippen LogP contribution is 2.25. The van der Waals surface area contributed by atoms with Gasteiger partial charge in [0.15, 0.2) is 0 Å². The van der Waals surface area contributed by atoms with Crippen molar-refractivity contribution in [1.29, 1.82) is 0 Å². The zero-order valence-electron chi connectivity index (χ0n) is 16.2. The molecule has 0 radical (unpaired) electrons. The maximum Gasteiger partial charge on any atom is 0.405 e. The number of nitrogens with zero attached hydrogens (tertiary/aromatic N) is 2. The lowest BCUT2D eigenvalue weighted by Gasteiger charge is -2.35. The van der Waals surface area contributed by atoms with Crippen molar-refractivity contribution >= 4 is 29.2 Å². The zero-order valence-corrected chi connectivity index (χ0v) is 17.0. The van der Waals surface area contributed by atoms with Crippen LogP contribution in [0, 0.1) is 6.92 Å². The first kappa shape index (κ1) is 23.2. The second kappa shape index (κ2) is 9.60. The van der Waals surface area contributed by atoms with Crippen molar-refractivity contribution in [2.75, 3.05) is 39.8 Å². The van der Waals surface area contributed by atoms with E-state index >= 15 is 0 Å². The summed E-state index contributed by atoms with van der Waals surface area (Å²) in [6, 6.07) is 5.17. The Kier molecular flexibility index (Phi) is 7.67. The lowest BCUT2D eigenvalue weighted by molar-refractivity contribution is -0.183. The molecule has 1 atom stereocenters. The molecule has 0 saturated carbocycles. The first-order chi connectivity index (χ1) is 13.3. The van der Waals surface area contributed by atoms with Crippen LogP contribution in [0.5, 0.6) is 5.75 Å². The number of methoxy groups -OCH3 is 1. The van der Waals surface area contributed by atoms with E-state index < -0.39 is 24.7 Å². The highest BCUT2D eigenvalue weighted by molar-refractivity contribution is 5.98. The van der Waals surface area contributed by atoms with E-state index in [2.05, 4.69) is 15.6 Å². The average Bonchev–Trinajstić information content (AvgIpc) is 2.66. The van der Waals surface area contributed by atoms with Gasteiger partial charge in [0.1, 0.15) is 11.8 Å². The summed E-state index contributed by atoms with van der Waals surface area (Å²) in [5.74, 6) is 0.0766. The van der Waals surface area contributed by atoms with E-state index in [-0.39, 0.29) is 18.0 Å². The van der Waals surface area contributed by atoms with E-state index in [1.165, 1.54) is 4.90 Å². The molecule has 1 aromatic heterocycles. The zero-order chi connectivity index (χ0) is 20.3. The van der Waals surface area contributed by atoms with Crippen LogP contribution >= 0.6 is 12.4 Å². The molecule has 1 aromatic carbocycles. The minimum atomic E-state index is -4.42. The molecule has 1 aliphatic rings. The van der Waals surface area contributed by atoms with Crippen molar-refractivity contribution in [3.05, 3.63) is 35.5 Å². The average molecular weight is 433 g/mol. The molecule has 0 aliphatic carbocycles. The highest BCUT2D eigenvalue weighted by atomic mass is 35.5. The molecular weight excluding hydrogens is 409 g/mol. The van der Waals surface area contributed by atoms with Crippen molar-refractivity contribution < 1.29 is 22.7 Å². The number of rotatable bonds is 5. The molecule has 1 unspecified atom stereocenters. The third-order valence-corrected chi connectivity index (χ3v) is 4.89. The van der Waals surface area contributed by atoms with Crippen LogP contribution in [0.2, 0.25) is 0 Å². The van der Waals surface area contributed by atoms with Gasteiger partial charge in [0.2, 0.25) is 0 Å². The molecule has 1 aliphatic heterocycles. The summed E-state index contributed by atoms with van der Waals surface area (Å²) in [5.41, 5.74) is 1.37. The molecule has 2 N–H and O–H groups in total. The smallest absolute Gasteiger partial charge is 0.405 e. The van der Waals surface area contributed by atoms with Gasteiger partial charge < -0.3 is 15.4 Å². The fourth-order valence-electron chi connectivity index (χ4n) is 3.33. The maximum absolute atomic E-state index is 13.5. The van der Waals surface area contributed by atoms with Gasteiger partial charge in [-0.3, -0.25) is 14.7 Å². The third kappa shape index (κ3) is 5.49. The summed E-state index contributed by atoms with van der Waals surface area (Å²) in [7, 11) is 1.55. The Labute approximate surface area is 173 Å². The van der Waals surface area contributed by atoms with Crippen molar-refractivity contribution in [1.82, 2.24) is 20.5 Å². The minimum Gasteiger partial charge on any atom is -0.497 e. The highest BCUT2D eigenvalue weighted by Gasteiger charge is 2.43. The minimum absolute atomic E-state index is 0. The van der Waals surface area contributed by atoms with Gasteiger partial charge in [-0.25, -0.2) is 0 Å². The van der Waals surface area contributed by atoms with E-state index in [1.54, 1.807) is 38.3 Å². The number of hydrogen-bond donors (Lipinski definition) is 2. The predicted molar refractivity (Wildman–Crippen MR) is 107 cm³/mol. The van der Waals surface area contributed by atoms with E-state index in [4.69, 9.17) is 4.74 Å². The summed E-state index contributed by atoms with van der Waals surface area (Å²) in [6.45, 7) is 2.74. The van der Waals surface area contributed by atoms with Crippen LogP contribution in [0.3, 0.4) is 0 Å². The molecule has 0 spiro atoms. The first-order valence-corrected chi connectivity index (χ1v) is 9.04. The molecule has 3 rings (SSSR count). The normalized spacial score (nSPS) is 16.2. The molecule has 1 saturated heterocycles. The second-order valence-corrected chi connectivity index (χ2v) is 6.73. The van der Waals surface area contributed by atoms with E-state index in [0.717, 1.165) is 0 Å². The Morgan fingerprint density at radius 3 is 2.62 bits per heavy atom. The number of aromatic nitrogens is 1. The number of carbonyl (C=O) groups is 1. The number of benzene rings is 1. The van der Waals surface area contributed by atoms with Gasteiger partial charge in [0.25, 0.3) is 5.91 Å². The number of amides is 1. The maximum atomic E-state index is 13.5. The summed E-state index contributed by atoms with van der Waals surface area (Å²) in [6.07, 6.45) is -4.42. The Morgan fingerprint density at radius 1 is 1.31 bits per heavy atom. The Morgan fingerprint density at radius 2 is 2.00 bits per heavy atom. The van der Waals surface area contributed by atoms with Gasteiger partial charge >= 0.3 is 6.18 Å². The van der Waals surface area contributed by atoms with E-state index in [0.29, 0.717) is 48.5 Å². The molecule has 29 heavy (non-hydrogen) atoms. The number of ether oxygens (including phenoxy) is 1. The van der Waals surface area contributed by atoms with Crippen LogP contribution in [-0.2, 0) is 0 Å². The summed E-state index contributed by atoms with van der Waals surface area (Å²) >= 11 is 0. The Bertz CT molecular complexity index is 857. The van der Waals surface area contributed by atoms with Crippen LogP contribution in [0.4, 0.5) is 13.2 Å². The van der Waals surface area contributed by atoms with Gasteiger partial charge in [-0.2, -0.15) is 13.2 Å². The second-order valence-electron chi connectivity index (χ2n) is 6.73. The molecular formula is C19H24ClF3N4O2. The van der Waals surface area contributed by atoms with Crippen molar-refractivity contribution in [2.24, 2.45) is 0 Å². The molecule has 1 fully saturated rings. The SMILES string of the molecule is COc1ccc2cc(C(=O)NCC(N3CCNCC3)C(F)(F)F)c(C)nc2c1.Cl. The van der Waals surface area contributed by atoms with Gasteiger partial charge in [0.05, 0.1) is 23.9 Å². The standard InChI is InChI=1S/C19H23F3N4O2.ClH/c1-12-15(9-13-3-4-14(28-2)10-16(13)25-12)18(27)24-11-17(19(20,21)22)26-7-5-23-6-8-26;/h3-4,9-10,17,23H,5-8,11H2,1-2H3,(H,24,27);1H. The van der Waals surface area contributed by atoms with Gasteiger partial charge in [-0.1, -0.05) is 0 Å². The topological polar surface area (TPSA) is 66.5 Å². The monoisotopic (exact) mass is 432 g/mol. The molecule has 10 heteroatoms. The van der Waals surface area contributed by atoms with E-state index in [1.807, 2.05) is 0 Å². The lowest BCUT2D eigenvalue weighted by atomic mass is 10.1. The predicted octanol–water partition coefficient (Wildman–Crippen LogP) is 2.54. The molecule has 2 aromatic rings. The molecule has 1 amide bonds. The number of pyridine rings is 1. The fraction of sp³-hybridized carbons (Fsp3) is 0.474. The summed E-state index contributed by atoms with van der Waals surface area (Å²) in [4.78, 5) is 18.3. The molecule has 2 heterocycles. The number of carbonyl (C=O) groups excluding carboxylic acids is 1. The lowest BCUT2D eigenvalue weighted by Crippen LogP contribution is -2.57. The van der Waals surface area contributed by atoms with Gasteiger partial charge in [0, 0.05) is 44.2 Å². The van der Waals surface area contributed by atoms with Crippen LogP contribution in [-0.4, -0.2) is 67.8 Å². The summed E-state index contributed by atoms with van der Waals surface area (Å²) < 4.78 is 45.6. The largest absolute Gasteiger partial charge is 0.497 e. The number of hydrogen-bond acceptors (Lipinski definition) is 5. The molecule has 0 bridgehead atoms. The Hall–Kier alpha value is -2.10. The van der Waals surface area contributed by atoms with Crippen LogP contribution in [0.1, 0.15) is 16.1 Å². The van der Waals surface area contributed by atoms with Crippen molar-refractivity contribution in [3.8, 4) is 5.75 Å². The summed E-state index contributed by atoms with van der Waals surface area (Å²) in [5, 5.41) is 6.19. The number of alkyl halides is 3. The van der Waals surface area contributed by atoms with Crippen LogP contribution < -0.4 is 15.4 Å². The number of nitrogens with one attached hydrogen (secondary N) is 2. The number of halogens is 4.